The van der Waals surface area contributed by atoms with Crippen LogP contribution in [0.3, 0.4) is 0 Å². The average molecular weight is 354 g/mol. The topological polar surface area (TPSA) is 96.5 Å². The van der Waals surface area contributed by atoms with Crippen LogP contribution in [0, 0.1) is 10.1 Å². The number of fused-ring (bicyclic) bond motifs is 1. The molecule has 9 heteroatoms. The molecule has 0 atom stereocenters. The number of benzene rings is 1. The van der Waals surface area contributed by atoms with Gasteiger partial charge in [-0.15, -0.1) is 0 Å². The maximum Gasteiger partial charge on any atom is 0.404 e. The zero-order valence-corrected chi connectivity index (χ0v) is 12.1. The van der Waals surface area contributed by atoms with E-state index >= 15 is 0 Å². The van der Waals surface area contributed by atoms with Crippen LogP contribution in [0.15, 0.2) is 28.9 Å². The Hall–Kier alpha value is -2.42. The number of hydrogen-bond acceptors (Lipinski definition) is 6. The van der Waals surface area contributed by atoms with Gasteiger partial charge in [0.1, 0.15) is 11.0 Å². The molecule has 2 aromatic rings. The van der Waals surface area contributed by atoms with Gasteiger partial charge in [-0.05, 0) is 39.1 Å². The summed E-state index contributed by atoms with van der Waals surface area (Å²) in [4.78, 5) is 22.2. The van der Waals surface area contributed by atoms with Crippen LogP contribution in [-0.4, -0.2) is 27.3 Å². The van der Waals surface area contributed by atoms with Crippen molar-refractivity contribution < 1.29 is 19.2 Å². The zero-order chi connectivity index (χ0) is 15.0. The Kier molecular flexibility index (Phi) is 3.34. The molecule has 3 rings (SSSR count). The highest BCUT2D eigenvalue weighted by atomic mass is 79.9. The molecule has 0 saturated carbocycles. The van der Waals surface area contributed by atoms with E-state index in [-0.39, 0.29) is 29.4 Å². The summed E-state index contributed by atoms with van der Waals surface area (Å²) in [6.07, 6.45) is 1.39. The molecule has 0 unspecified atom stereocenters. The Labute approximate surface area is 126 Å². The number of hydrogen-bond donors (Lipinski definition) is 0. The molecule has 21 heavy (non-hydrogen) atoms. The van der Waals surface area contributed by atoms with Crippen molar-refractivity contribution in [1.82, 2.24) is 9.78 Å². The van der Waals surface area contributed by atoms with Gasteiger partial charge in [0.2, 0.25) is 6.79 Å². The molecule has 0 fully saturated rings. The predicted octanol–water partition coefficient (Wildman–Crippen LogP) is 2.17. The van der Waals surface area contributed by atoms with Crippen LogP contribution in [0.5, 0.6) is 11.5 Å². The van der Waals surface area contributed by atoms with Gasteiger partial charge < -0.3 is 19.6 Å². The largest absolute Gasteiger partial charge is 0.454 e. The van der Waals surface area contributed by atoms with E-state index in [0.717, 1.165) is 0 Å². The van der Waals surface area contributed by atoms with E-state index in [9.17, 15) is 14.9 Å². The summed E-state index contributed by atoms with van der Waals surface area (Å²) >= 11 is 3.03. The Morgan fingerprint density at radius 1 is 1.43 bits per heavy atom. The van der Waals surface area contributed by atoms with Crippen LogP contribution in [0.25, 0.3) is 0 Å². The van der Waals surface area contributed by atoms with Crippen LogP contribution in [0.1, 0.15) is 10.4 Å². The van der Waals surface area contributed by atoms with E-state index in [0.29, 0.717) is 17.1 Å². The number of rotatable bonds is 4. The number of ether oxygens (including phenoxy) is 2. The maximum absolute atomic E-state index is 12.2. The highest BCUT2D eigenvalue weighted by Crippen LogP contribution is 2.32. The summed E-state index contributed by atoms with van der Waals surface area (Å²) in [5.74, 6) is 0.532. The fourth-order valence-electron chi connectivity index (χ4n) is 1.90. The van der Waals surface area contributed by atoms with Crippen molar-refractivity contribution in [3.63, 3.8) is 0 Å². The Morgan fingerprint density at radius 3 is 2.90 bits per heavy atom. The number of nitro groups is 1. The first-order valence-corrected chi connectivity index (χ1v) is 6.64. The van der Waals surface area contributed by atoms with Crippen LogP contribution in [-0.2, 0) is 6.54 Å². The molecule has 0 amide bonds. The first-order chi connectivity index (χ1) is 10.0. The van der Waals surface area contributed by atoms with Gasteiger partial charge in [0, 0.05) is 5.56 Å². The molecule has 1 aliphatic heterocycles. The van der Waals surface area contributed by atoms with Gasteiger partial charge in [-0.2, -0.15) is 4.68 Å². The fourth-order valence-corrected chi connectivity index (χ4v) is 2.36. The summed E-state index contributed by atoms with van der Waals surface area (Å²) in [6.45, 7) is 0.0252. The molecule has 1 aromatic heterocycles. The van der Waals surface area contributed by atoms with Gasteiger partial charge in [-0.3, -0.25) is 4.79 Å². The second-order valence-electron chi connectivity index (χ2n) is 4.25. The van der Waals surface area contributed by atoms with E-state index in [1.807, 2.05) is 0 Å². The summed E-state index contributed by atoms with van der Waals surface area (Å²) < 4.78 is 11.8. The van der Waals surface area contributed by atoms with Gasteiger partial charge in [-0.25, -0.2) is 0 Å². The normalized spacial score (nSPS) is 12.4. The summed E-state index contributed by atoms with van der Waals surface area (Å²) in [5.41, 5.74) is 0.425. The summed E-state index contributed by atoms with van der Waals surface area (Å²) in [6, 6.07) is 4.84. The number of carbonyl (C=O) groups excluding carboxylic acids is 1. The minimum Gasteiger partial charge on any atom is -0.454 e. The average Bonchev–Trinajstić information content (AvgIpc) is 3.04. The lowest BCUT2D eigenvalue weighted by Gasteiger charge is -2.01. The van der Waals surface area contributed by atoms with Crippen LogP contribution in [0.4, 0.5) is 5.82 Å². The molecule has 1 aromatic carbocycles. The molecule has 1 aliphatic rings. The monoisotopic (exact) mass is 353 g/mol. The fraction of sp³-hybridized carbons (Fsp3) is 0.167. The predicted molar refractivity (Wildman–Crippen MR) is 73.5 cm³/mol. The minimum atomic E-state index is -0.619. The number of Topliss-reactive ketones (excluding diaryl/α,β-unsaturated/α-hetero) is 1. The van der Waals surface area contributed by atoms with Crippen LogP contribution in [0.2, 0.25) is 0 Å². The quantitative estimate of drug-likeness (QED) is 0.474. The number of carbonyl (C=O) groups is 1. The van der Waals surface area contributed by atoms with Crippen molar-refractivity contribution >= 4 is 27.5 Å². The number of ketones is 1. The number of halogens is 1. The smallest absolute Gasteiger partial charge is 0.404 e. The molecule has 0 N–H and O–H groups in total. The molecular formula is C12H8BrN3O5. The molecule has 2 heterocycles. The lowest BCUT2D eigenvalue weighted by atomic mass is 10.1. The minimum absolute atomic E-state index is 0.105. The Balaban J connectivity index is 1.80. The van der Waals surface area contributed by atoms with E-state index in [2.05, 4.69) is 21.0 Å². The molecule has 0 bridgehead atoms. The molecule has 108 valence electrons. The van der Waals surface area contributed by atoms with Crippen LogP contribution < -0.4 is 9.47 Å². The Morgan fingerprint density at radius 2 is 2.19 bits per heavy atom. The van der Waals surface area contributed by atoms with Gasteiger partial charge >= 0.3 is 5.82 Å². The van der Waals surface area contributed by atoms with Crippen molar-refractivity contribution in [2.24, 2.45) is 0 Å². The maximum atomic E-state index is 12.2. The third kappa shape index (κ3) is 2.59. The standard InChI is InChI=1S/C12H8BrN3O5/c13-8-4-15(14-12(8)16(18)19)5-9(17)7-1-2-10-11(3-7)21-6-20-10/h1-4H,5-6H2. The van der Waals surface area contributed by atoms with Gasteiger partial charge in [0.05, 0.1) is 11.3 Å². The number of aromatic nitrogens is 2. The number of nitrogens with zero attached hydrogens (tertiary/aromatic N) is 3. The van der Waals surface area contributed by atoms with E-state index in [4.69, 9.17) is 9.47 Å². The van der Waals surface area contributed by atoms with Crippen molar-refractivity contribution in [1.29, 1.82) is 0 Å². The lowest BCUT2D eigenvalue weighted by molar-refractivity contribution is -0.390. The molecular weight excluding hydrogens is 346 g/mol. The van der Waals surface area contributed by atoms with Crippen molar-refractivity contribution in [2.45, 2.75) is 6.54 Å². The van der Waals surface area contributed by atoms with E-state index in [1.165, 1.54) is 10.9 Å². The second-order valence-corrected chi connectivity index (χ2v) is 5.10. The zero-order valence-electron chi connectivity index (χ0n) is 10.5. The van der Waals surface area contributed by atoms with Gasteiger partial charge in [0.25, 0.3) is 0 Å². The third-order valence-electron chi connectivity index (χ3n) is 2.87. The van der Waals surface area contributed by atoms with E-state index in [1.54, 1.807) is 18.2 Å². The molecule has 0 radical (unpaired) electrons. The van der Waals surface area contributed by atoms with E-state index < -0.39 is 4.92 Å². The first-order valence-electron chi connectivity index (χ1n) is 5.85. The lowest BCUT2D eigenvalue weighted by Crippen LogP contribution is -2.11. The summed E-state index contributed by atoms with van der Waals surface area (Å²) in [7, 11) is 0. The SMILES string of the molecule is O=C(Cn1cc(Br)c([N+](=O)[O-])n1)c1ccc2c(c1)OCO2. The van der Waals surface area contributed by atoms with Gasteiger partial charge in [0.15, 0.2) is 17.3 Å². The molecule has 0 aliphatic carbocycles. The van der Waals surface area contributed by atoms with Crippen LogP contribution >= 0.6 is 15.9 Å². The first kappa shape index (κ1) is 13.6. The highest BCUT2D eigenvalue weighted by Gasteiger charge is 2.21. The molecule has 0 saturated heterocycles. The highest BCUT2D eigenvalue weighted by molar-refractivity contribution is 9.10. The van der Waals surface area contributed by atoms with Gasteiger partial charge in [-0.1, -0.05) is 0 Å². The molecule has 0 spiro atoms. The van der Waals surface area contributed by atoms with Crippen molar-refractivity contribution in [2.75, 3.05) is 6.79 Å². The molecule has 8 nitrogen and oxygen atoms in total. The summed E-state index contributed by atoms with van der Waals surface area (Å²) in [5, 5.41) is 14.4. The third-order valence-corrected chi connectivity index (χ3v) is 3.43. The van der Waals surface area contributed by atoms with Crippen molar-refractivity contribution in [3.05, 3.63) is 44.5 Å². The van der Waals surface area contributed by atoms with Crippen molar-refractivity contribution in [3.8, 4) is 11.5 Å². The Bertz CT molecular complexity index is 742. The second kappa shape index (κ2) is 5.17.